The van der Waals surface area contributed by atoms with Gasteiger partial charge in [0.25, 0.3) is 0 Å². The average Bonchev–Trinajstić information content (AvgIpc) is 3.39. The first-order chi connectivity index (χ1) is 21.8. The molecule has 18 nitrogen and oxygen atoms in total. The Bertz CT molecular complexity index is 1420. The number of amides is 3. The predicted octanol–water partition coefficient (Wildman–Crippen LogP) is -2.45. The van der Waals surface area contributed by atoms with Crippen LogP contribution in [-0.2, 0) is 30.4 Å². The molecule has 0 saturated carbocycles. The number of para-hydroxylation sites is 1. The molecule has 46 heavy (non-hydrogen) atoms. The summed E-state index contributed by atoms with van der Waals surface area (Å²) < 4.78 is 0. The van der Waals surface area contributed by atoms with Crippen molar-refractivity contribution >= 4 is 52.5 Å². The Morgan fingerprint density at radius 3 is 1.85 bits per heavy atom. The molecule has 0 fully saturated rings. The van der Waals surface area contributed by atoms with E-state index in [0.29, 0.717) is 0 Å². The Kier molecular flexibility index (Phi) is 14.7. The van der Waals surface area contributed by atoms with Crippen LogP contribution in [0, 0.1) is 0 Å². The molecule has 0 aliphatic carbocycles. The molecule has 1 heterocycles. The Hall–Kier alpha value is -5.39. The summed E-state index contributed by atoms with van der Waals surface area (Å²) >= 11 is 0. The molecule has 0 radical (unpaired) electrons. The van der Waals surface area contributed by atoms with Gasteiger partial charge in [0.15, 0.2) is 11.9 Å². The molecule has 4 atom stereocenters. The van der Waals surface area contributed by atoms with Gasteiger partial charge in [-0.15, -0.1) is 0 Å². The number of carbonyl (C=O) groups is 5. The maximum atomic E-state index is 13.4. The maximum absolute atomic E-state index is 13.4. The molecule has 16 N–H and O–H groups in total. The fourth-order valence-corrected chi connectivity index (χ4v) is 4.52. The minimum absolute atomic E-state index is 0.0157. The van der Waals surface area contributed by atoms with Crippen LogP contribution in [0.4, 0.5) is 0 Å². The lowest BCUT2D eigenvalue weighted by Gasteiger charge is -2.25. The quantitative estimate of drug-likeness (QED) is 0.0406. The van der Waals surface area contributed by atoms with Gasteiger partial charge in [-0.1, -0.05) is 18.2 Å². The first kappa shape index (κ1) is 36.8. The third-order valence-electron chi connectivity index (χ3n) is 6.87. The summed E-state index contributed by atoms with van der Waals surface area (Å²) in [6.07, 6.45) is 1.47. The van der Waals surface area contributed by atoms with Gasteiger partial charge in [-0.25, -0.2) is 4.79 Å². The van der Waals surface area contributed by atoms with Crippen LogP contribution < -0.4 is 44.6 Å². The van der Waals surface area contributed by atoms with E-state index >= 15 is 0 Å². The summed E-state index contributed by atoms with van der Waals surface area (Å²) in [5.41, 5.74) is 29.1. The number of fused-ring (bicyclic) bond motifs is 1. The van der Waals surface area contributed by atoms with Crippen LogP contribution in [0.5, 0.6) is 0 Å². The molecule has 1 aromatic carbocycles. The minimum atomic E-state index is -1.37. The van der Waals surface area contributed by atoms with Crippen molar-refractivity contribution in [3.05, 3.63) is 36.0 Å². The van der Waals surface area contributed by atoms with Crippen molar-refractivity contribution in [2.45, 2.75) is 69.1 Å². The normalized spacial score (nSPS) is 13.4. The second-order valence-corrected chi connectivity index (χ2v) is 10.5. The molecular weight excluding hydrogens is 602 g/mol. The molecule has 0 aliphatic heterocycles. The van der Waals surface area contributed by atoms with E-state index in [4.69, 9.17) is 28.7 Å². The zero-order valence-corrected chi connectivity index (χ0v) is 25.3. The third kappa shape index (κ3) is 12.7. The number of aromatic nitrogens is 1. The van der Waals surface area contributed by atoms with E-state index in [1.807, 2.05) is 24.3 Å². The summed E-state index contributed by atoms with van der Waals surface area (Å²) in [5, 5.41) is 27.1. The van der Waals surface area contributed by atoms with E-state index in [1.54, 1.807) is 6.20 Å². The largest absolute Gasteiger partial charge is 0.481 e. The zero-order chi connectivity index (χ0) is 34.2. The van der Waals surface area contributed by atoms with E-state index in [-0.39, 0.29) is 63.5 Å². The Balaban J connectivity index is 2.18. The molecule has 3 amide bonds. The van der Waals surface area contributed by atoms with Crippen LogP contribution in [0.15, 0.2) is 40.4 Å². The minimum Gasteiger partial charge on any atom is -0.481 e. The van der Waals surface area contributed by atoms with E-state index < -0.39 is 60.2 Å². The lowest BCUT2D eigenvalue weighted by atomic mass is 10.0. The van der Waals surface area contributed by atoms with Crippen molar-refractivity contribution in [2.24, 2.45) is 38.7 Å². The highest BCUT2D eigenvalue weighted by Crippen LogP contribution is 2.19. The second-order valence-electron chi connectivity index (χ2n) is 10.5. The van der Waals surface area contributed by atoms with Crippen molar-refractivity contribution in [2.75, 3.05) is 13.1 Å². The van der Waals surface area contributed by atoms with Crippen LogP contribution in [0.3, 0.4) is 0 Å². The van der Waals surface area contributed by atoms with Gasteiger partial charge < -0.3 is 59.8 Å². The maximum Gasteiger partial charge on any atom is 0.326 e. The van der Waals surface area contributed by atoms with Crippen molar-refractivity contribution in [3.8, 4) is 0 Å². The summed E-state index contributed by atoms with van der Waals surface area (Å²) in [5.74, 6) is -5.29. The Labute approximate surface area is 264 Å². The number of hydrogen-bond acceptors (Lipinski definition) is 8. The van der Waals surface area contributed by atoms with Crippen LogP contribution in [0.1, 0.15) is 44.1 Å². The number of aromatic amines is 1. The number of rotatable bonds is 20. The van der Waals surface area contributed by atoms with Gasteiger partial charge >= 0.3 is 11.9 Å². The number of aliphatic imine (C=N–C) groups is 2. The monoisotopic (exact) mass is 645 g/mol. The number of H-pyrrole nitrogens is 1. The molecule has 4 unspecified atom stereocenters. The smallest absolute Gasteiger partial charge is 0.326 e. The second kappa shape index (κ2) is 18.4. The van der Waals surface area contributed by atoms with Crippen molar-refractivity contribution in [1.29, 1.82) is 0 Å². The topological polar surface area (TPSA) is 333 Å². The molecule has 2 rings (SSSR count). The molecule has 18 heteroatoms. The fourth-order valence-electron chi connectivity index (χ4n) is 4.52. The molecule has 0 spiro atoms. The first-order valence-corrected chi connectivity index (χ1v) is 14.6. The van der Waals surface area contributed by atoms with Gasteiger partial charge in [0.05, 0.1) is 6.04 Å². The molecule has 0 aliphatic rings. The van der Waals surface area contributed by atoms with E-state index in [9.17, 15) is 34.2 Å². The molecule has 252 valence electrons. The van der Waals surface area contributed by atoms with Gasteiger partial charge in [-0.3, -0.25) is 29.2 Å². The number of carboxylic acids is 2. The number of carbonyl (C=O) groups excluding carboxylic acids is 3. The van der Waals surface area contributed by atoms with Crippen molar-refractivity contribution in [1.82, 2.24) is 20.9 Å². The average molecular weight is 646 g/mol. The number of nitrogens with one attached hydrogen (secondary N) is 4. The highest BCUT2D eigenvalue weighted by molar-refractivity contribution is 5.94. The lowest BCUT2D eigenvalue weighted by molar-refractivity contribution is -0.142. The predicted molar refractivity (Wildman–Crippen MR) is 170 cm³/mol. The molecule has 0 saturated heterocycles. The molecule has 2 aromatic rings. The number of aliphatic carboxylic acids is 2. The number of nitrogens with zero attached hydrogens (tertiary/aromatic N) is 2. The summed E-state index contributed by atoms with van der Waals surface area (Å²) in [6, 6.07) is 2.35. The summed E-state index contributed by atoms with van der Waals surface area (Å²) in [6.45, 7) is 0.235. The van der Waals surface area contributed by atoms with Gasteiger partial charge in [0.1, 0.15) is 18.1 Å². The van der Waals surface area contributed by atoms with E-state index in [0.717, 1.165) is 16.5 Å². The fraction of sp³-hybridized carbons (Fsp3) is 0.464. The van der Waals surface area contributed by atoms with Gasteiger partial charge in [-0.05, 0) is 50.2 Å². The van der Waals surface area contributed by atoms with Crippen LogP contribution in [0.25, 0.3) is 10.9 Å². The first-order valence-electron chi connectivity index (χ1n) is 14.6. The van der Waals surface area contributed by atoms with Gasteiger partial charge in [0, 0.05) is 36.6 Å². The van der Waals surface area contributed by atoms with Crippen LogP contribution in [-0.4, -0.2) is 94.0 Å². The third-order valence-corrected chi connectivity index (χ3v) is 6.87. The summed E-state index contributed by atoms with van der Waals surface area (Å²) in [7, 11) is 0. The summed E-state index contributed by atoms with van der Waals surface area (Å²) in [4.78, 5) is 73.5. The number of nitrogens with two attached hydrogens (primary N) is 5. The van der Waals surface area contributed by atoms with Crippen molar-refractivity contribution in [3.63, 3.8) is 0 Å². The standard InChI is InChI=1S/C28H43N11O7/c29-17(13-15-14-36-18-6-2-1-5-16(15)18)23(42)37-20(9-10-22(40)41)25(44)38-19(7-3-11-34-27(30)31)24(43)39-21(26(45)46)8-4-12-35-28(32)33/h1-2,5-6,14,17,19-21,36H,3-4,7-13,29H2,(H,37,42)(H,38,44)(H,39,43)(H,40,41)(H,45,46)(H4,30,31,34)(H4,32,33,35). The SMILES string of the molecule is NC(N)=NCCCC(NC(=O)C(CCCN=C(N)N)NC(=O)C(CCC(=O)O)NC(=O)C(N)Cc1c[nH]c2ccccc12)C(=O)O. The molecule has 0 bridgehead atoms. The Morgan fingerprint density at radius 2 is 1.28 bits per heavy atom. The van der Waals surface area contributed by atoms with Crippen LogP contribution >= 0.6 is 0 Å². The van der Waals surface area contributed by atoms with Gasteiger partial charge in [0.2, 0.25) is 17.7 Å². The Morgan fingerprint density at radius 1 is 0.761 bits per heavy atom. The highest BCUT2D eigenvalue weighted by atomic mass is 16.4. The van der Waals surface area contributed by atoms with E-state index in [1.165, 1.54) is 0 Å². The van der Waals surface area contributed by atoms with Crippen LogP contribution in [0.2, 0.25) is 0 Å². The lowest BCUT2D eigenvalue weighted by Crippen LogP contribution is -2.57. The number of carboxylic acid groups (broad SMARTS) is 2. The van der Waals surface area contributed by atoms with E-state index in [2.05, 4.69) is 30.9 Å². The number of benzene rings is 1. The number of hydrogen-bond donors (Lipinski definition) is 11. The van der Waals surface area contributed by atoms with Crippen molar-refractivity contribution < 1.29 is 34.2 Å². The highest BCUT2D eigenvalue weighted by Gasteiger charge is 2.30. The van der Waals surface area contributed by atoms with Gasteiger partial charge in [-0.2, -0.15) is 0 Å². The number of guanidine groups is 2. The zero-order valence-electron chi connectivity index (χ0n) is 25.3. The molecule has 1 aromatic heterocycles. The molecular formula is C28H43N11O7.